The number of rotatable bonds is 6. The fourth-order valence-electron chi connectivity index (χ4n) is 1.77. The molecular formula is C13H15BrN4O2S2. The summed E-state index contributed by atoms with van der Waals surface area (Å²) in [5.74, 6) is 0.283. The zero-order valence-corrected chi connectivity index (χ0v) is 15.0. The average molecular weight is 403 g/mol. The molecule has 3 N–H and O–H groups in total. The molecule has 0 aliphatic rings. The van der Waals surface area contributed by atoms with E-state index in [4.69, 9.17) is 12.2 Å². The Bertz CT molecular complexity index is 804. The molecule has 0 aliphatic heterocycles. The number of benzene rings is 1. The van der Waals surface area contributed by atoms with Gasteiger partial charge in [0, 0.05) is 11.0 Å². The molecule has 1 aromatic heterocycles. The van der Waals surface area contributed by atoms with Gasteiger partial charge in [-0.1, -0.05) is 47.2 Å². The van der Waals surface area contributed by atoms with Crippen LogP contribution in [0.4, 0.5) is 5.82 Å². The van der Waals surface area contributed by atoms with E-state index < -0.39 is 10.2 Å². The fraction of sp³-hybridized carbons (Fsp3) is 0.231. The summed E-state index contributed by atoms with van der Waals surface area (Å²) in [5.41, 5.74) is 1.30. The largest absolute Gasteiger partial charge is 0.331 e. The Morgan fingerprint density at radius 1 is 1.32 bits per heavy atom. The van der Waals surface area contributed by atoms with E-state index >= 15 is 0 Å². The van der Waals surface area contributed by atoms with Crippen LogP contribution in [0.5, 0.6) is 0 Å². The second kappa shape index (κ2) is 7.32. The molecule has 0 bridgehead atoms. The molecule has 0 amide bonds. The van der Waals surface area contributed by atoms with Crippen molar-refractivity contribution in [2.45, 2.75) is 13.3 Å². The summed E-state index contributed by atoms with van der Waals surface area (Å²) in [6.45, 7) is 2.24. The molecule has 22 heavy (non-hydrogen) atoms. The third-order valence-corrected chi connectivity index (χ3v) is 4.66. The molecule has 0 unspecified atom stereocenters. The molecule has 9 heteroatoms. The van der Waals surface area contributed by atoms with Crippen LogP contribution in [0.3, 0.4) is 0 Å². The van der Waals surface area contributed by atoms with Crippen molar-refractivity contribution in [1.29, 1.82) is 0 Å². The van der Waals surface area contributed by atoms with E-state index in [9.17, 15) is 8.42 Å². The first-order valence-corrected chi connectivity index (χ1v) is 9.22. The number of nitrogens with one attached hydrogen (secondary N) is 3. The Kier molecular flexibility index (Phi) is 5.68. The second-order valence-electron chi connectivity index (χ2n) is 4.46. The molecule has 6 nitrogen and oxygen atoms in total. The summed E-state index contributed by atoms with van der Waals surface area (Å²) in [6, 6.07) is 7.37. The highest BCUT2D eigenvalue weighted by Gasteiger charge is 2.15. The topological polar surface area (TPSA) is 86.9 Å². The molecule has 2 aromatic rings. The van der Waals surface area contributed by atoms with E-state index in [0.717, 1.165) is 10.0 Å². The standard InChI is InChI=1S/C13H15BrN4O2S2/c1-2-7-17-22(19,20)18-12-11(13(21)16-8-15-12)9-3-5-10(14)6-4-9/h3-6,8,17H,2,7H2,1H3,(H2,15,16,18,21). The molecule has 1 heterocycles. The van der Waals surface area contributed by atoms with Gasteiger partial charge in [-0.3, -0.25) is 4.72 Å². The number of H-pyrrole nitrogens is 1. The summed E-state index contributed by atoms with van der Waals surface area (Å²) < 4.78 is 30.1. The lowest BCUT2D eigenvalue weighted by atomic mass is 10.1. The van der Waals surface area contributed by atoms with Crippen LogP contribution >= 0.6 is 28.1 Å². The van der Waals surface area contributed by atoms with Gasteiger partial charge in [-0.15, -0.1) is 0 Å². The van der Waals surface area contributed by atoms with E-state index in [1.807, 2.05) is 31.2 Å². The van der Waals surface area contributed by atoms with Crippen molar-refractivity contribution in [3.8, 4) is 11.1 Å². The first-order valence-electron chi connectivity index (χ1n) is 6.54. The van der Waals surface area contributed by atoms with Crippen molar-refractivity contribution >= 4 is 44.2 Å². The van der Waals surface area contributed by atoms with E-state index in [1.165, 1.54) is 6.33 Å². The van der Waals surface area contributed by atoms with Crippen LogP contribution < -0.4 is 9.44 Å². The highest BCUT2D eigenvalue weighted by molar-refractivity contribution is 9.10. The van der Waals surface area contributed by atoms with Crippen LogP contribution in [0.25, 0.3) is 11.1 Å². The van der Waals surface area contributed by atoms with Crippen LogP contribution in [0.1, 0.15) is 13.3 Å². The van der Waals surface area contributed by atoms with Crippen LogP contribution in [-0.2, 0) is 10.2 Å². The first-order chi connectivity index (χ1) is 10.4. The van der Waals surface area contributed by atoms with Gasteiger partial charge >= 0.3 is 0 Å². The van der Waals surface area contributed by atoms with Crippen LogP contribution in [0.15, 0.2) is 35.1 Å². The van der Waals surface area contributed by atoms with Crippen molar-refractivity contribution < 1.29 is 8.42 Å². The van der Waals surface area contributed by atoms with Gasteiger partial charge in [0.15, 0.2) is 0 Å². The Labute approximate surface area is 142 Å². The van der Waals surface area contributed by atoms with E-state index in [2.05, 4.69) is 35.3 Å². The summed E-state index contributed by atoms with van der Waals surface area (Å²) in [4.78, 5) is 6.83. The normalized spacial score (nSPS) is 11.4. The molecule has 0 saturated heterocycles. The van der Waals surface area contributed by atoms with Gasteiger partial charge in [0.2, 0.25) is 0 Å². The number of nitrogens with zero attached hydrogens (tertiary/aromatic N) is 1. The Hall–Kier alpha value is -1.29. The summed E-state index contributed by atoms with van der Waals surface area (Å²) in [6.07, 6.45) is 2.06. The molecule has 0 spiro atoms. The lowest BCUT2D eigenvalue weighted by molar-refractivity contribution is 0.586. The maximum absolute atomic E-state index is 12.0. The predicted molar refractivity (Wildman–Crippen MR) is 93.4 cm³/mol. The number of anilines is 1. The zero-order chi connectivity index (χ0) is 16.2. The smallest absolute Gasteiger partial charge is 0.300 e. The van der Waals surface area contributed by atoms with Crippen LogP contribution in [0.2, 0.25) is 0 Å². The summed E-state index contributed by atoms with van der Waals surface area (Å²) >= 11 is 8.59. The number of hydrogen-bond acceptors (Lipinski definition) is 4. The van der Waals surface area contributed by atoms with Gasteiger partial charge in [-0.25, -0.2) is 4.98 Å². The van der Waals surface area contributed by atoms with Crippen molar-refractivity contribution in [2.75, 3.05) is 11.3 Å². The molecule has 0 atom stereocenters. The van der Waals surface area contributed by atoms with Crippen LogP contribution in [-0.4, -0.2) is 24.9 Å². The zero-order valence-electron chi connectivity index (χ0n) is 11.8. The fourth-order valence-corrected chi connectivity index (χ4v) is 3.28. The van der Waals surface area contributed by atoms with E-state index in [-0.39, 0.29) is 5.82 Å². The maximum atomic E-state index is 12.0. The molecule has 1 aromatic carbocycles. The molecule has 0 radical (unpaired) electrons. The molecular weight excluding hydrogens is 388 g/mol. The van der Waals surface area contributed by atoms with Gasteiger partial charge in [0.25, 0.3) is 10.2 Å². The monoisotopic (exact) mass is 402 g/mol. The van der Waals surface area contributed by atoms with Crippen molar-refractivity contribution in [1.82, 2.24) is 14.7 Å². The van der Waals surface area contributed by atoms with Crippen molar-refractivity contribution in [3.05, 3.63) is 39.7 Å². The molecule has 118 valence electrons. The van der Waals surface area contributed by atoms with Gasteiger partial charge in [-0.2, -0.15) is 13.1 Å². The van der Waals surface area contributed by atoms with Crippen molar-refractivity contribution in [3.63, 3.8) is 0 Å². The highest BCUT2D eigenvalue weighted by atomic mass is 79.9. The second-order valence-corrected chi connectivity index (χ2v) is 7.27. The third kappa shape index (κ3) is 4.35. The first kappa shape index (κ1) is 17.1. The van der Waals surface area contributed by atoms with Gasteiger partial charge in [0.1, 0.15) is 10.5 Å². The Morgan fingerprint density at radius 3 is 2.64 bits per heavy atom. The summed E-state index contributed by atoms with van der Waals surface area (Å²) in [5, 5.41) is 0. The average Bonchev–Trinajstić information content (AvgIpc) is 2.46. The summed E-state index contributed by atoms with van der Waals surface area (Å²) in [7, 11) is -3.67. The van der Waals surface area contributed by atoms with Gasteiger partial charge < -0.3 is 4.98 Å². The van der Waals surface area contributed by atoms with Crippen LogP contribution in [0, 0.1) is 4.64 Å². The number of aromatic amines is 1. The SMILES string of the molecule is CCCNS(=O)(=O)Nc1[nH]cnc(=S)c1-c1ccc(Br)cc1. The maximum Gasteiger partial charge on any atom is 0.300 e. The number of hydrogen-bond donors (Lipinski definition) is 3. The minimum Gasteiger partial charge on any atom is -0.331 e. The molecule has 0 saturated carbocycles. The van der Waals surface area contributed by atoms with Gasteiger partial charge in [-0.05, 0) is 24.1 Å². The lowest BCUT2D eigenvalue weighted by Crippen LogP contribution is -2.31. The molecule has 0 aliphatic carbocycles. The van der Waals surface area contributed by atoms with E-state index in [1.54, 1.807) is 0 Å². The highest BCUT2D eigenvalue weighted by Crippen LogP contribution is 2.28. The quantitative estimate of drug-likeness (QED) is 0.647. The minimum absolute atomic E-state index is 0.283. The number of aromatic nitrogens is 2. The van der Waals surface area contributed by atoms with Gasteiger partial charge in [0.05, 0.1) is 11.9 Å². The van der Waals surface area contributed by atoms with Crippen molar-refractivity contribution in [2.24, 2.45) is 0 Å². The predicted octanol–water partition coefficient (Wildman–Crippen LogP) is 3.22. The van der Waals surface area contributed by atoms with E-state index in [0.29, 0.717) is 23.2 Å². The minimum atomic E-state index is -3.67. The molecule has 2 rings (SSSR count). The number of halogens is 1. The third-order valence-electron chi connectivity index (χ3n) is 2.77. The Balaban J connectivity index is 2.43. The lowest BCUT2D eigenvalue weighted by Gasteiger charge is -2.12. The molecule has 0 fully saturated rings. The Morgan fingerprint density at radius 2 is 2.00 bits per heavy atom.